The Morgan fingerprint density at radius 2 is 1.69 bits per heavy atom. The summed E-state index contributed by atoms with van der Waals surface area (Å²) in [5, 5.41) is 13.2. The molecular weight excluding hydrogens is 415 g/mol. The van der Waals surface area contributed by atoms with Crippen LogP contribution in [0.3, 0.4) is 0 Å². The molecule has 9 heteroatoms. The van der Waals surface area contributed by atoms with Crippen molar-refractivity contribution >= 4 is 58.2 Å². The highest BCUT2D eigenvalue weighted by Crippen LogP contribution is 2.25. The maximum absolute atomic E-state index is 12.2. The van der Waals surface area contributed by atoms with Crippen LogP contribution < -0.4 is 5.32 Å². The number of thioether (sulfide) groups is 1. The molecule has 3 aromatic rings. The molecule has 0 fully saturated rings. The molecule has 3 rings (SSSR count). The van der Waals surface area contributed by atoms with E-state index in [-0.39, 0.29) is 11.7 Å². The Labute approximate surface area is 169 Å². The highest BCUT2D eigenvalue weighted by atomic mass is 35.5. The Morgan fingerprint density at radius 3 is 2.35 bits per heavy atom. The summed E-state index contributed by atoms with van der Waals surface area (Å²) in [7, 11) is 0. The lowest BCUT2D eigenvalue weighted by Crippen LogP contribution is -2.14. The van der Waals surface area contributed by atoms with E-state index >= 15 is 0 Å². The first kappa shape index (κ1) is 19.0. The summed E-state index contributed by atoms with van der Waals surface area (Å²) >= 11 is 19.1. The molecule has 0 saturated carbocycles. The summed E-state index contributed by atoms with van der Waals surface area (Å²) in [6, 6.07) is 12.2. The van der Waals surface area contributed by atoms with Gasteiger partial charge in [0.05, 0.1) is 5.75 Å². The predicted octanol–water partition coefficient (Wildman–Crippen LogP) is 5.27. The van der Waals surface area contributed by atoms with E-state index in [1.165, 1.54) is 11.8 Å². The Morgan fingerprint density at radius 1 is 1.04 bits per heavy atom. The molecule has 0 unspecified atom stereocenters. The van der Waals surface area contributed by atoms with E-state index in [4.69, 9.17) is 34.8 Å². The smallest absolute Gasteiger partial charge is 0.234 e. The van der Waals surface area contributed by atoms with Crippen LogP contribution in [0.5, 0.6) is 0 Å². The Balaban J connectivity index is 1.70. The van der Waals surface area contributed by atoms with Crippen LogP contribution in [0.1, 0.15) is 5.82 Å². The molecule has 1 N–H and O–H groups in total. The molecule has 2 aromatic carbocycles. The zero-order valence-corrected chi connectivity index (χ0v) is 16.6. The minimum Gasteiger partial charge on any atom is -0.325 e. The summed E-state index contributed by atoms with van der Waals surface area (Å²) in [5.74, 6) is 0.684. The number of hydrogen-bond acceptors (Lipinski definition) is 4. The minimum absolute atomic E-state index is 0.163. The van der Waals surface area contributed by atoms with E-state index in [1.807, 2.05) is 23.6 Å². The molecule has 0 spiro atoms. The summed E-state index contributed by atoms with van der Waals surface area (Å²) in [6.45, 7) is 1.85. The number of amides is 1. The molecule has 1 amide bonds. The molecular formula is C17H13Cl3N4OS. The van der Waals surface area contributed by atoms with Crippen LogP contribution in [0.15, 0.2) is 47.6 Å². The first-order valence-electron chi connectivity index (χ1n) is 7.49. The first-order valence-corrected chi connectivity index (χ1v) is 9.61. The van der Waals surface area contributed by atoms with Gasteiger partial charge in [-0.1, -0.05) is 46.6 Å². The Kier molecular flexibility index (Phi) is 6.09. The number of rotatable bonds is 5. The summed E-state index contributed by atoms with van der Waals surface area (Å²) < 4.78 is 1.87. The average Bonchev–Trinajstić information content (AvgIpc) is 2.93. The third kappa shape index (κ3) is 4.71. The third-order valence-corrected chi connectivity index (χ3v) is 4.98. The van der Waals surface area contributed by atoms with Crippen molar-refractivity contribution < 1.29 is 4.79 Å². The summed E-state index contributed by atoms with van der Waals surface area (Å²) in [5.41, 5.74) is 1.42. The monoisotopic (exact) mass is 426 g/mol. The van der Waals surface area contributed by atoms with Crippen molar-refractivity contribution in [2.45, 2.75) is 12.1 Å². The SMILES string of the molecule is Cc1nnc(SCC(=O)Nc2cc(Cl)cc(Cl)c2)n1-c1ccc(Cl)cc1. The second-order valence-electron chi connectivity index (χ2n) is 5.34. The molecule has 0 aliphatic rings. The number of carbonyl (C=O) groups is 1. The van der Waals surface area contributed by atoms with E-state index in [2.05, 4.69) is 15.5 Å². The lowest BCUT2D eigenvalue weighted by atomic mass is 10.3. The molecule has 5 nitrogen and oxygen atoms in total. The van der Waals surface area contributed by atoms with Crippen LogP contribution in [-0.4, -0.2) is 26.4 Å². The fourth-order valence-corrected chi connectivity index (χ4v) is 3.73. The largest absolute Gasteiger partial charge is 0.325 e. The minimum atomic E-state index is -0.198. The second kappa shape index (κ2) is 8.31. The van der Waals surface area contributed by atoms with Gasteiger partial charge < -0.3 is 5.32 Å². The van der Waals surface area contributed by atoms with E-state index in [0.717, 1.165) is 11.5 Å². The van der Waals surface area contributed by atoms with Gasteiger partial charge in [0.2, 0.25) is 5.91 Å². The fraction of sp³-hybridized carbons (Fsp3) is 0.118. The zero-order chi connectivity index (χ0) is 18.7. The van der Waals surface area contributed by atoms with Crippen molar-refractivity contribution in [3.05, 3.63) is 63.4 Å². The molecule has 26 heavy (non-hydrogen) atoms. The number of aryl methyl sites for hydroxylation is 1. The number of nitrogens with one attached hydrogen (secondary N) is 1. The molecule has 0 radical (unpaired) electrons. The van der Waals surface area contributed by atoms with Gasteiger partial charge in [-0.05, 0) is 49.4 Å². The van der Waals surface area contributed by atoms with Crippen LogP contribution in [0, 0.1) is 6.92 Å². The van der Waals surface area contributed by atoms with E-state index < -0.39 is 0 Å². The lowest BCUT2D eigenvalue weighted by Gasteiger charge is -2.09. The average molecular weight is 428 g/mol. The Bertz CT molecular complexity index is 923. The second-order valence-corrected chi connectivity index (χ2v) is 7.59. The highest BCUT2D eigenvalue weighted by molar-refractivity contribution is 7.99. The summed E-state index contributed by atoms with van der Waals surface area (Å²) in [6.07, 6.45) is 0. The van der Waals surface area contributed by atoms with Crippen molar-refractivity contribution in [3.63, 3.8) is 0 Å². The van der Waals surface area contributed by atoms with Gasteiger partial charge in [0.25, 0.3) is 0 Å². The molecule has 134 valence electrons. The van der Waals surface area contributed by atoms with Crippen molar-refractivity contribution in [3.8, 4) is 5.69 Å². The van der Waals surface area contributed by atoms with Crippen molar-refractivity contribution in [2.75, 3.05) is 11.1 Å². The molecule has 0 atom stereocenters. The van der Waals surface area contributed by atoms with Crippen LogP contribution in [0.4, 0.5) is 5.69 Å². The molecule has 0 aliphatic heterocycles. The lowest BCUT2D eigenvalue weighted by molar-refractivity contribution is -0.113. The number of carbonyl (C=O) groups excluding carboxylic acids is 1. The number of aromatic nitrogens is 3. The normalized spacial score (nSPS) is 10.8. The molecule has 0 bridgehead atoms. The predicted molar refractivity (Wildman–Crippen MR) is 107 cm³/mol. The number of halogens is 3. The van der Waals surface area contributed by atoms with Gasteiger partial charge in [-0.25, -0.2) is 0 Å². The first-order chi connectivity index (χ1) is 12.4. The molecule has 0 saturated heterocycles. The van der Waals surface area contributed by atoms with Crippen molar-refractivity contribution in [1.82, 2.24) is 14.8 Å². The van der Waals surface area contributed by atoms with Crippen LogP contribution in [0.25, 0.3) is 5.69 Å². The standard InChI is InChI=1S/C17H13Cl3N4OS/c1-10-22-23-17(24(10)15-4-2-11(18)3-5-15)26-9-16(25)21-14-7-12(19)6-13(20)8-14/h2-8H,9H2,1H3,(H,21,25). The van der Waals surface area contributed by atoms with Crippen molar-refractivity contribution in [1.29, 1.82) is 0 Å². The zero-order valence-electron chi connectivity index (χ0n) is 13.5. The van der Waals surface area contributed by atoms with Gasteiger partial charge in [0.1, 0.15) is 5.82 Å². The van der Waals surface area contributed by atoms with Gasteiger partial charge >= 0.3 is 0 Å². The van der Waals surface area contributed by atoms with Crippen LogP contribution in [-0.2, 0) is 4.79 Å². The van der Waals surface area contributed by atoms with Gasteiger partial charge in [-0.3, -0.25) is 9.36 Å². The molecule has 1 aromatic heterocycles. The molecule has 0 aliphatic carbocycles. The van der Waals surface area contributed by atoms with Gasteiger partial charge in [0.15, 0.2) is 5.16 Å². The van der Waals surface area contributed by atoms with Gasteiger partial charge in [-0.15, -0.1) is 10.2 Å². The number of anilines is 1. The topological polar surface area (TPSA) is 59.8 Å². The number of benzene rings is 2. The third-order valence-electron chi connectivity index (χ3n) is 3.36. The highest BCUT2D eigenvalue weighted by Gasteiger charge is 2.14. The van der Waals surface area contributed by atoms with Gasteiger partial charge in [0, 0.05) is 26.4 Å². The molecule has 1 heterocycles. The maximum Gasteiger partial charge on any atom is 0.234 e. The number of nitrogens with zero attached hydrogens (tertiary/aromatic N) is 3. The Hall–Kier alpha value is -1.73. The van der Waals surface area contributed by atoms with Gasteiger partial charge in [-0.2, -0.15) is 0 Å². The van der Waals surface area contributed by atoms with E-state index in [0.29, 0.717) is 25.9 Å². The summed E-state index contributed by atoms with van der Waals surface area (Å²) in [4.78, 5) is 12.2. The van der Waals surface area contributed by atoms with E-state index in [1.54, 1.807) is 30.3 Å². The van der Waals surface area contributed by atoms with Crippen LogP contribution >= 0.6 is 46.6 Å². The fourth-order valence-electron chi connectivity index (χ4n) is 2.28. The quantitative estimate of drug-likeness (QED) is 0.564. The van der Waals surface area contributed by atoms with Crippen LogP contribution in [0.2, 0.25) is 15.1 Å². The maximum atomic E-state index is 12.2. The van der Waals surface area contributed by atoms with E-state index in [9.17, 15) is 4.79 Å². The number of hydrogen-bond donors (Lipinski definition) is 1. The van der Waals surface area contributed by atoms with Crippen molar-refractivity contribution in [2.24, 2.45) is 0 Å².